The number of nitrogens with zero attached hydrogens (tertiary/aromatic N) is 1. The number of carbonyl (C=O) groups is 2. The number of amides is 1. The van der Waals surface area contributed by atoms with E-state index in [1.165, 1.54) is 6.07 Å². The van der Waals surface area contributed by atoms with Gasteiger partial charge in [-0.15, -0.1) is 0 Å². The molecule has 59 heavy (non-hydrogen) atoms. The van der Waals surface area contributed by atoms with Gasteiger partial charge in [0.25, 0.3) is 0 Å². The Balaban J connectivity index is 1.19. The highest BCUT2D eigenvalue weighted by atomic mass is 19.2. The van der Waals surface area contributed by atoms with Gasteiger partial charge in [0, 0.05) is 45.6 Å². The first-order chi connectivity index (χ1) is 28.1. The highest BCUT2D eigenvalue weighted by molar-refractivity contribution is 6.10. The summed E-state index contributed by atoms with van der Waals surface area (Å²) in [6.07, 6.45) is 10.1. The molecular weight excluding hydrogens is 757 g/mol. The SMILES string of the molecule is COc1ccc(CN(C[C@]2(O)CC[C@H]3[C@]45C=C[C@@]6(C=C4C(=O)c4ccc(F)c(F)c4)CC(O)CC[C@]6(C)[C@H]5CC[C@@]32C)C(=O)Cc2ccc(OC)c(OC)c2)c(OC)c1. The zero-order valence-electron chi connectivity index (χ0n) is 34.8. The van der Waals surface area contributed by atoms with Crippen molar-refractivity contribution in [3.8, 4) is 23.0 Å². The van der Waals surface area contributed by atoms with Gasteiger partial charge in [0.2, 0.25) is 5.91 Å². The van der Waals surface area contributed by atoms with Crippen LogP contribution in [-0.4, -0.2) is 73.5 Å². The predicted octanol–water partition coefficient (Wildman–Crippen LogP) is 8.04. The maximum absolute atomic E-state index is 14.8. The molecule has 2 spiro atoms. The quantitative estimate of drug-likeness (QED) is 0.140. The molecule has 0 heterocycles. The normalized spacial score (nSPS) is 32.6. The van der Waals surface area contributed by atoms with Crippen molar-refractivity contribution in [2.24, 2.45) is 33.5 Å². The van der Waals surface area contributed by atoms with Gasteiger partial charge in [-0.05, 0) is 110 Å². The van der Waals surface area contributed by atoms with E-state index in [0.717, 1.165) is 29.7 Å². The number of benzene rings is 3. The molecule has 3 fully saturated rings. The number of fused-ring (bicyclic) bond motifs is 1. The van der Waals surface area contributed by atoms with Gasteiger partial charge in [-0.1, -0.05) is 38.1 Å². The number of hydrogen-bond acceptors (Lipinski definition) is 8. The van der Waals surface area contributed by atoms with Gasteiger partial charge in [0.1, 0.15) is 11.5 Å². The third-order valence-corrected chi connectivity index (χ3v) is 15.6. The van der Waals surface area contributed by atoms with Gasteiger partial charge < -0.3 is 34.1 Å². The third-order valence-electron chi connectivity index (χ3n) is 15.6. The molecule has 1 unspecified atom stereocenters. The first kappa shape index (κ1) is 41.0. The summed E-state index contributed by atoms with van der Waals surface area (Å²) in [5.41, 5.74) is -1.78. The smallest absolute Gasteiger partial charge is 0.227 e. The third kappa shape index (κ3) is 6.20. The van der Waals surface area contributed by atoms with Crippen LogP contribution >= 0.6 is 0 Å². The monoisotopic (exact) mass is 811 g/mol. The predicted molar refractivity (Wildman–Crippen MR) is 217 cm³/mol. The van der Waals surface area contributed by atoms with E-state index in [2.05, 4.69) is 26.0 Å². The highest BCUT2D eigenvalue weighted by Crippen LogP contribution is 2.78. The minimum atomic E-state index is -1.37. The molecule has 11 heteroatoms. The van der Waals surface area contributed by atoms with Crippen molar-refractivity contribution in [1.82, 2.24) is 4.90 Å². The summed E-state index contributed by atoms with van der Waals surface area (Å²) in [6, 6.07) is 14.1. The summed E-state index contributed by atoms with van der Waals surface area (Å²) >= 11 is 0. The Labute approximate surface area is 345 Å². The molecule has 3 aromatic rings. The molecule has 0 radical (unpaired) electrons. The second kappa shape index (κ2) is 14.8. The number of hydrogen-bond donors (Lipinski definition) is 2. The molecule has 0 saturated heterocycles. The zero-order chi connectivity index (χ0) is 42.1. The van der Waals surface area contributed by atoms with Crippen molar-refractivity contribution in [2.75, 3.05) is 35.0 Å². The van der Waals surface area contributed by atoms with Crippen LogP contribution in [0.15, 0.2) is 78.4 Å². The number of rotatable bonds is 12. The second-order valence-corrected chi connectivity index (χ2v) is 18.1. The molecule has 6 aliphatic carbocycles. The van der Waals surface area contributed by atoms with E-state index in [0.29, 0.717) is 67.1 Å². The molecular formula is C48H55F2NO8. The zero-order valence-corrected chi connectivity index (χ0v) is 34.8. The van der Waals surface area contributed by atoms with E-state index in [9.17, 15) is 28.6 Å². The van der Waals surface area contributed by atoms with E-state index in [4.69, 9.17) is 18.9 Å². The lowest BCUT2D eigenvalue weighted by Gasteiger charge is -2.71. The molecule has 3 aromatic carbocycles. The topological polar surface area (TPSA) is 115 Å². The number of halogens is 2. The van der Waals surface area contributed by atoms with Crippen LogP contribution in [0.5, 0.6) is 23.0 Å². The molecule has 6 aliphatic rings. The summed E-state index contributed by atoms with van der Waals surface area (Å²) in [4.78, 5) is 31.2. The van der Waals surface area contributed by atoms with Crippen molar-refractivity contribution in [3.63, 3.8) is 0 Å². The molecule has 0 aliphatic heterocycles. The van der Waals surface area contributed by atoms with Crippen molar-refractivity contribution < 1.29 is 47.5 Å². The van der Waals surface area contributed by atoms with Gasteiger partial charge in [-0.2, -0.15) is 0 Å². The number of Topliss-reactive ketones (excluding diaryl/α,β-unsaturated/α-hetero) is 1. The van der Waals surface area contributed by atoms with E-state index in [1.54, 1.807) is 51.5 Å². The van der Waals surface area contributed by atoms with Gasteiger partial charge in [-0.25, -0.2) is 8.78 Å². The van der Waals surface area contributed by atoms with Crippen LogP contribution in [0.2, 0.25) is 0 Å². The Hall–Kier alpha value is -4.74. The van der Waals surface area contributed by atoms with Gasteiger partial charge >= 0.3 is 0 Å². The number of methoxy groups -OCH3 is 4. The average Bonchev–Trinajstić information content (AvgIpc) is 3.50. The minimum absolute atomic E-state index is 0.00600. The van der Waals surface area contributed by atoms with Gasteiger partial charge in [0.05, 0.1) is 53.1 Å². The summed E-state index contributed by atoms with van der Waals surface area (Å²) < 4.78 is 51.1. The lowest BCUT2D eigenvalue weighted by Crippen LogP contribution is -2.67. The largest absolute Gasteiger partial charge is 0.497 e. The molecule has 2 N–H and O–H groups in total. The maximum atomic E-state index is 14.8. The summed E-state index contributed by atoms with van der Waals surface area (Å²) in [6.45, 7) is 4.57. The fourth-order valence-electron chi connectivity index (χ4n) is 12.4. The molecule has 9 rings (SSSR count). The molecule has 1 amide bonds. The van der Waals surface area contributed by atoms with E-state index >= 15 is 0 Å². The van der Waals surface area contributed by atoms with E-state index in [1.807, 2.05) is 24.3 Å². The summed E-state index contributed by atoms with van der Waals surface area (Å²) in [7, 11) is 6.25. The second-order valence-electron chi connectivity index (χ2n) is 18.1. The van der Waals surface area contributed by atoms with E-state index < -0.39 is 39.6 Å². The number of ether oxygens (including phenoxy) is 4. The van der Waals surface area contributed by atoms with Crippen LogP contribution < -0.4 is 18.9 Å². The Kier molecular flexibility index (Phi) is 10.3. The first-order valence-electron chi connectivity index (χ1n) is 20.6. The van der Waals surface area contributed by atoms with Crippen molar-refractivity contribution in [2.45, 2.75) is 83.5 Å². The van der Waals surface area contributed by atoms with Crippen molar-refractivity contribution in [3.05, 3.63) is 107 Å². The molecule has 2 bridgehead atoms. The fourth-order valence-corrected chi connectivity index (χ4v) is 12.4. The van der Waals surface area contributed by atoms with Crippen LogP contribution in [0.25, 0.3) is 0 Å². The minimum Gasteiger partial charge on any atom is -0.497 e. The molecule has 8 atom stereocenters. The standard InChI is InChI=1S/C48H55F2NO8/c1-44-16-13-32(52)25-46(44)19-20-48(34(26-46)43(54)30-9-11-35(49)36(50)23-30)40(44)14-17-45(2)41(48)15-18-47(45,55)28-51(27-31-8-10-33(56-3)24-38(31)58-5)42(53)22-29-7-12-37(57-4)39(21-29)59-6/h7-12,19-21,23-24,26,32,40-41,52,55H,13-18,22,25,27-28H2,1-6H3/t32?,40-,41-,44-,45+,46+,47-,48-/m1/s1. The maximum Gasteiger partial charge on any atom is 0.227 e. The molecule has 0 aromatic heterocycles. The summed E-state index contributed by atoms with van der Waals surface area (Å²) in [5, 5.41) is 24.3. The highest BCUT2D eigenvalue weighted by Gasteiger charge is 2.74. The average molecular weight is 812 g/mol. The van der Waals surface area contributed by atoms with Crippen LogP contribution in [0.3, 0.4) is 0 Å². The Morgan fingerprint density at radius 1 is 0.780 bits per heavy atom. The first-order valence-corrected chi connectivity index (χ1v) is 20.6. The molecule has 3 saturated carbocycles. The number of aliphatic hydroxyl groups is 2. The number of allylic oxidation sites excluding steroid dienone is 4. The fraction of sp³-hybridized carbons (Fsp3) is 0.500. The Morgan fingerprint density at radius 2 is 1.49 bits per heavy atom. The number of carbonyl (C=O) groups excluding carboxylic acids is 2. The Bertz CT molecular complexity index is 2240. The molecule has 9 nitrogen and oxygen atoms in total. The number of ketones is 1. The van der Waals surface area contributed by atoms with Crippen LogP contribution in [0.1, 0.15) is 80.3 Å². The van der Waals surface area contributed by atoms with Crippen molar-refractivity contribution in [1.29, 1.82) is 0 Å². The Morgan fingerprint density at radius 3 is 2.20 bits per heavy atom. The van der Waals surface area contributed by atoms with Crippen LogP contribution in [0, 0.1) is 45.1 Å². The molecule has 314 valence electrons. The van der Waals surface area contributed by atoms with Crippen LogP contribution in [0.4, 0.5) is 8.78 Å². The van der Waals surface area contributed by atoms with Gasteiger partial charge in [0.15, 0.2) is 28.9 Å². The number of aliphatic hydroxyl groups excluding tert-OH is 1. The van der Waals surface area contributed by atoms with E-state index in [-0.39, 0.29) is 54.0 Å². The van der Waals surface area contributed by atoms with Gasteiger partial charge in [-0.3, -0.25) is 9.59 Å². The lowest BCUT2D eigenvalue weighted by atomic mass is 9.32. The summed E-state index contributed by atoms with van der Waals surface area (Å²) in [5.74, 6) is -0.716. The lowest BCUT2D eigenvalue weighted by molar-refractivity contribution is -0.178. The van der Waals surface area contributed by atoms with Crippen LogP contribution in [-0.2, 0) is 17.8 Å². The van der Waals surface area contributed by atoms with Crippen molar-refractivity contribution >= 4 is 11.7 Å².